The summed E-state index contributed by atoms with van der Waals surface area (Å²) < 4.78 is 0. The van der Waals surface area contributed by atoms with Crippen molar-refractivity contribution >= 4 is 11.8 Å². The van der Waals surface area contributed by atoms with Gasteiger partial charge in [-0.25, -0.2) is 0 Å². The zero-order valence-corrected chi connectivity index (χ0v) is 12.3. The fourth-order valence-electron chi connectivity index (χ4n) is 2.27. The smallest absolute Gasteiger partial charge is 0.305 e. The summed E-state index contributed by atoms with van der Waals surface area (Å²) in [6, 6.07) is 3.94. The monoisotopic (exact) mass is 288 g/mol. The van der Waals surface area contributed by atoms with Crippen molar-refractivity contribution in [1.29, 1.82) is 0 Å². The van der Waals surface area contributed by atoms with Crippen LogP contribution in [0, 0.1) is 13.8 Å². The van der Waals surface area contributed by atoms with Crippen LogP contribution in [-0.2, 0) is 0 Å². The number of benzene rings is 1. The summed E-state index contributed by atoms with van der Waals surface area (Å²) >= 11 is 1.88. The van der Waals surface area contributed by atoms with Crippen molar-refractivity contribution in [2.75, 3.05) is 0 Å². The van der Waals surface area contributed by atoms with E-state index >= 15 is 0 Å². The number of hydrogen-bond donors (Lipinski definition) is 2. The van der Waals surface area contributed by atoms with E-state index in [4.69, 9.17) is 0 Å². The van der Waals surface area contributed by atoms with Crippen LogP contribution in [0.15, 0.2) is 32.8 Å². The molecule has 0 bridgehead atoms. The molecule has 1 aliphatic rings. The molecule has 1 heterocycles. The molecule has 104 valence electrons. The van der Waals surface area contributed by atoms with Crippen LogP contribution in [-0.4, -0.2) is 15.4 Å². The molecule has 1 aliphatic carbocycles. The third-order valence-electron chi connectivity index (χ3n) is 3.55. The Labute approximate surface area is 120 Å². The largest absolute Gasteiger partial charge is 0.310 e. The van der Waals surface area contributed by atoms with Crippen LogP contribution >= 0.6 is 11.8 Å². The standard InChI is InChI=1S/C15H16N2O2S/c1-8-3-6-11(9(2)14(8)20-10-4-5-10)12-7-16-17-15(19)13(12)18/h3,6-7,10H,4-5H2,1-2H3,(H,16,18)(H,17,19). The second-order valence-electron chi connectivity index (χ2n) is 5.19. The minimum atomic E-state index is -0.612. The molecule has 20 heavy (non-hydrogen) atoms. The topological polar surface area (TPSA) is 65.7 Å². The highest BCUT2D eigenvalue weighted by molar-refractivity contribution is 8.00. The van der Waals surface area contributed by atoms with E-state index in [-0.39, 0.29) is 0 Å². The maximum absolute atomic E-state index is 12.0. The fourth-order valence-corrected chi connectivity index (χ4v) is 3.52. The summed E-state index contributed by atoms with van der Waals surface area (Å²) in [5.41, 5.74) is 2.48. The summed E-state index contributed by atoms with van der Waals surface area (Å²) in [7, 11) is 0. The van der Waals surface area contributed by atoms with E-state index in [1.807, 2.05) is 30.8 Å². The van der Waals surface area contributed by atoms with Crippen LogP contribution in [0.5, 0.6) is 0 Å². The van der Waals surface area contributed by atoms with Crippen LogP contribution in [0.1, 0.15) is 24.0 Å². The molecule has 4 nitrogen and oxygen atoms in total. The van der Waals surface area contributed by atoms with Crippen molar-refractivity contribution in [3.05, 3.63) is 50.0 Å². The molecule has 1 aromatic heterocycles. The molecule has 2 aromatic rings. The van der Waals surface area contributed by atoms with Crippen molar-refractivity contribution < 1.29 is 0 Å². The number of aromatic nitrogens is 2. The first kappa shape index (κ1) is 13.2. The van der Waals surface area contributed by atoms with Crippen LogP contribution in [0.2, 0.25) is 0 Å². The zero-order chi connectivity index (χ0) is 14.3. The lowest BCUT2D eigenvalue weighted by Crippen LogP contribution is -2.28. The van der Waals surface area contributed by atoms with Gasteiger partial charge in [0.1, 0.15) is 0 Å². The predicted octanol–water partition coefficient (Wildman–Crippen LogP) is 2.60. The van der Waals surface area contributed by atoms with Gasteiger partial charge in [-0.2, -0.15) is 0 Å². The number of hydrogen-bond acceptors (Lipinski definition) is 3. The van der Waals surface area contributed by atoms with Gasteiger partial charge in [-0.3, -0.25) is 14.7 Å². The normalized spacial score (nSPS) is 14.5. The molecule has 0 aliphatic heterocycles. The minimum absolute atomic E-state index is 0.434. The number of thioether (sulfide) groups is 1. The average molecular weight is 288 g/mol. The van der Waals surface area contributed by atoms with Gasteiger partial charge in [0.25, 0.3) is 5.43 Å². The van der Waals surface area contributed by atoms with Crippen molar-refractivity contribution in [3.8, 4) is 11.1 Å². The first-order chi connectivity index (χ1) is 9.58. The Kier molecular flexibility index (Phi) is 3.30. The second kappa shape index (κ2) is 4.98. The molecule has 0 saturated heterocycles. The number of H-pyrrole nitrogens is 2. The van der Waals surface area contributed by atoms with Crippen LogP contribution in [0.25, 0.3) is 11.1 Å². The Balaban J connectivity index is 2.16. The average Bonchev–Trinajstić information content (AvgIpc) is 3.23. The SMILES string of the molecule is Cc1ccc(-c2c[nH][nH]c(=O)c2=O)c(C)c1SC1CC1. The molecule has 3 rings (SSSR count). The lowest BCUT2D eigenvalue weighted by molar-refractivity contribution is 0.974. The van der Waals surface area contributed by atoms with E-state index in [1.54, 1.807) is 6.20 Å². The van der Waals surface area contributed by atoms with Crippen LogP contribution in [0.3, 0.4) is 0 Å². The summed E-state index contributed by atoms with van der Waals surface area (Å²) in [5, 5.41) is 5.65. The minimum Gasteiger partial charge on any atom is -0.305 e. The molecule has 1 aromatic carbocycles. The third-order valence-corrected chi connectivity index (χ3v) is 5.22. The Bertz CT molecular complexity index is 772. The van der Waals surface area contributed by atoms with E-state index in [9.17, 15) is 9.59 Å². The van der Waals surface area contributed by atoms with Crippen molar-refractivity contribution in [3.63, 3.8) is 0 Å². The number of nitrogens with one attached hydrogen (secondary N) is 2. The predicted molar refractivity (Wildman–Crippen MR) is 81.5 cm³/mol. The molecule has 5 heteroatoms. The van der Waals surface area contributed by atoms with Gasteiger partial charge in [0.2, 0.25) is 0 Å². The second-order valence-corrected chi connectivity index (χ2v) is 6.50. The molecule has 2 N–H and O–H groups in total. The maximum atomic E-state index is 12.0. The maximum Gasteiger partial charge on any atom is 0.310 e. The number of aromatic amines is 2. The van der Waals surface area contributed by atoms with Gasteiger partial charge in [0.05, 0.1) is 5.56 Å². The molecular weight excluding hydrogens is 272 g/mol. The van der Waals surface area contributed by atoms with E-state index in [0.29, 0.717) is 10.8 Å². The van der Waals surface area contributed by atoms with Gasteiger partial charge < -0.3 is 5.10 Å². The molecule has 0 radical (unpaired) electrons. The lowest BCUT2D eigenvalue weighted by atomic mass is 10.00. The van der Waals surface area contributed by atoms with Gasteiger partial charge in [-0.1, -0.05) is 12.1 Å². The third kappa shape index (κ3) is 2.33. The first-order valence-electron chi connectivity index (χ1n) is 6.65. The lowest BCUT2D eigenvalue weighted by Gasteiger charge is -2.13. The summed E-state index contributed by atoms with van der Waals surface area (Å²) in [4.78, 5) is 24.7. The van der Waals surface area contributed by atoms with Crippen molar-refractivity contribution in [2.24, 2.45) is 0 Å². The molecule has 1 fully saturated rings. The molecule has 0 unspecified atom stereocenters. The van der Waals surface area contributed by atoms with Gasteiger partial charge in [0, 0.05) is 16.3 Å². The molecular formula is C15H16N2O2S. The van der Waals surface area contributed by atoms with E-state index in [0.717, 1.165) is 11.1 Å². The highest BCUT2D eigenvalue weighted by atomic mass is 32.2. The Hall–Kier alpha value is -1.75. The van der Waals surface area contributed by atoms with Gasteiger partial charge in [0.15, 0.2) is 0 Å². The number of rotatable bonds is 3. The molecule has 0 atom stereocenters. The Morgan fingerprint density at radius 1 is 1.15 bits per heavy atom. The van der Waals surface area contributed by atoms with E-state index in [1.165, 1.54) is 23.3 Å². The molecule has 1 saturated carbocycles. The summed E-state index contributed by atoms with van der Waals surface area (Å²) in [6.45, 7) is 4.11. The Morgan fingerprint density at radius 3 is 2.60 bits per heavy atom. The summed E-state index contributed by atoms with van der Waals surface area (Å²) in [5.74, 6) is 0. The zero-order valence-electron chi connectivity index (χ0n) is 11.4. The van der Waals surface area contributed by atoms with Gasteiger partial charge >= 0.3 is 5.56 Å². The summed E-state index contributed by atoms with van der Waals surface area (Å²) in [6.07, 6.45) is 4.09. The van der Waals surface area contributed by atoms with E-state index < -0.39 is 11.0 Å². The molecule has 0 spiro atoms. The quantitative estimate of drug-likeness (QED) is 0.853. The van der Waals surface area contributed by atoms with Crippen molar-refractivity contribution in [1.82, 2.24) is 10.2 Å². The highest BCUT2D eigenvalue weighted by Crippen LogP contribution is 2.43. The van der Waals surface area contributed by atoms with Crippen molar-refractivity contribution in [2.45, 2.75) is 36.8 Å². The van der Waals surface area contributed by atoms with Crippen LogP contribution < -0.4 is 11.0 Å². The number of aryl methyl sites for hydroxylation is 1. The molecule has 0 amide bonds. The van der Waals surface area contributed by atoms with Crippen LogP contribution in [0.4, 0.5) is 0 Å². The fraction of sp³-hybridized carbons (Fsp3) is 0.333. The Morgan fingerprint density at radius 2 is 1.90 bits per heavy atom. The van der Waals surface area contributed by atoms with Gasteiger partial charge in [-0.05, 0) is 43.4 Å². The van der Waals surface area contributed by atoms with Gasteiger partial charge in [-0.15, -0.1) is 11.8 Å². The van der Waals surface area contributed by atoms with E-state index in [2.05, 4.69) is 17.1 Å². The first-order valence-corrected chi connectivity index (χ1v) is 7.53. The highest BCUT2D eigenvalue weighted by Gasteiger charge is 2.25.